The summed E-state index contributed by atoms with van der Waals surface area (Å²) in [4.78, 5) is 12.3. The lowest BCUT2D eigenvalue weighted by Gasteiger charge is -2.26. The molecule has 2 fully saturated rings. The molecule has 2 aliphatic rings. The van der Waals surface area contributed by atoms with Gasteiger partial charge in [0.1, 0.15) is 0 Å². The molecule has 5 atom stereocenters. The molecule has 5 nitrogen and oxygen atoms in total. The molecule has 2 saturated carbocycles. The van der Waals surface area contributed by atoms with E-state index in [1.807, 2.05) is 6.08 Å². The smallest absolute Gasteiger partial charge is 0.223 e. The maximum atomic E-state index is 12.3. The number of allylic oxidation sites excluding steroid dienone is 1. The highest BCUT2D eigenvalue weighted by molar-refractivity contribution is 7.09. The highest BCUT2D eigenvalue weighted by atomic mass is 31.0. The van der Waals surface area contributed by atoms with Crippen molar-refractivity contribution in [3.63, 3.8) is 0 Å². The van der Waals surface area contributed by atoms with Crippen LogP contribution in [0.4, 0.5) is 0 Å². The summed E-state index contributed by atoms with van der Waals surface area (Å²) in [6.45, 7) is 0.554. The summed E-state index contributed by atoms with van der Waals surface area (Å²) < 4.78 is 5.44. The number of hydrogen-bond acceptors (Lipinski definition) is 4. The molecule has 0 aliphatic heterocycles. The topological polar surface area (TPSA) is 78.8 Å². The van der Waals surface area contributed by atoms with E-state index >= 15 is 0 Å². The van der Waals surface area contributed by atoms with Crippen LogP contribution in [-0.2, 0) is 9.32 Å². The molecule has 0 aromatic heterocycles. The molecule has 2 rings (SSSR count). The number of carbonyl (C=O) groups excluding carboxylic acids is 1. The van der Waals surface area contributed by atoms with Crippen LogP contribution in [0.3, 0.4) is 0 Å². The normalized spacial score (nSPS) is 32.5. The van der Waals surface area contributed by atoms with Gasteiger partial charge in [0.2, 0.25) is 5.91 Å². The van der Waals surface area contributed by atoms with E-state index in [1.54, 1.807) is 6.08 Å². The lowest BCUT2D eigenvalue weighted by molar-refractivity contribution is -0.126. The molecule has 0 radical (unpaired) electrons. The van der Waals surface area contributed by atoms with Crippen molar-refractivity contribution in [2.75, 3.05) is 13.2 Å². The summed E-state index contributed by atoms with van der Waals surface area (Å²) in [5.74, 6) is 0.449. The van der Waals surface area contributed by atoms with Crippen molar-refractivity contribution in [3.8, 4) is 0 Å². The fourth-order valence-electron chi connectivity index (χ4n) is 3.98. The zero-order valence-electron chi connectivity index (χ0n) is 13.7. The number of aliphatic hydroxyl groups excluding tert-OH is 2. The minimum atomic E-state index is -0.430. The quantitative estimate of drug-likeness (QED) is 0.486. The minimum absolute atomic E-state index is 0.00938. The average Bonchev–Trinajstić information content (AvgIpc) is 2.89. The Labute approximate surface area is 141 Å². The number of rotatable bonds is 7. The van der Waals surface area contributed by atoms with E-state index in [9.17, 15) is 9.90 Å². The number of hydrogen-bond donors (Lipinski definition) is 3. The second-order valence-corrected chi connectivity index (χ2v) is 7.05. The summed E-state index contributed by atoms with van der Waals surface area (Å²) in [5.41, 5.74) is 0. The SMILES string of the molecule is O=C(NC[C@H]1C(OP)CC(O)[C@@H]1C/C=C\CO)C1CCCCC1. The van der Waals surface area contributed by atoms with Gasteiger partial charge in [-0.1, -0.05) is 31.4 Å². The highest BCUT2D eigenvalue weighted by Crippen LogP contribution is 2.37. The molecule has 0 aromatic rings. The zero-order valence-corrected chi connectivity index (χ0v) is 14.8. The van der Waals surface area contributed by atoms with E-state index in [4.69, 9.17) is 9.63 Å². The summed E-state index contributed by atoms with van der Waals surface area (Å²) >= 11 is 0. The van der Waals surface area contributed by atoms with Crippen molar-refractivity contribution in [1.29, 1.82) is 0 Å². The number of carbonyl (C=O) groups is 1. The molecular formula is C17H30NO4P. The fourth-order valence-corrected chi connectivity index (χ4v) is 4.29. The van der Waals surface area contributed by atoms with Crippen LogP contribution in [0.1, 0.15) is 44.9 Å². The lowest BCUT2D eigenvalue weighted by atomic mass is 9.87. The molecule has 1 amide bonds. The van der Waals surface area contributed by atoms with Crippen molar-refractivity contribution in [2.45, 2.75) is 57.2 Å². The molecule has 23 heavy (non-hydrogen) atoms. The van der Waals surface area contributed by atoms with Gasteiger partial charge in [-0.3, -0.25) is 4.79 Å². The Morgan fingerprint density at radius 2 is 1.96 bits per heavy atom. The van der Waals surface area contributed by atoms with Gasteiger partial charge in [0.05, 0.1) is 18.8 Å². The molecule has 0 heterocycles. The van der Waals surface area contributed by atoms with Crippen LogP contribution in [0.15, 0.2) is 12.2 Å². The summed E-state index contributed by atoms with van der Waals surface area (Å²) in [7, 11) is 2.28. The first-order chi connectivity index (χ1) is 11.2. The Bertz CT molecular complexity index is 398. The van der Waals surface area contributed by atoms with E-state index in [0.29, 0.717) is 19.4 Å². The van der Waals surface area contributed by atoms with Crippen molar-refractivity contribution in [2.24, 2.45) is 17.8 Å². The van der Waals surface area contributed by atoms with Crippen molar-refractivity contribution < 1.29 is 19.5 Å². The van der Waals surface area contributed by atoms with Gasteiger partial charge >= 0.3 is 0 Å². The Balaban J connectivity index is 1.90. The third-order valence-corrected chi connectivity index (χ3v) is 5.69. The van der Waals surface area contributed by atoms with Gasteiger partial charge < -0.3 is 20.1 Å². The molecule has 6 heteroatoms. The van der Waals surface area contributed by atoms with Gasteiger partial charge in [-0.15, -0.1) is 0 Å². The van der Waals surface area contributed by atoms with Gasteiger partial charge in [0.25, 0.3) is 0 Å². The summed E-state index contributed by atoms with van der Waals surface area (Å²) in [5, 5.41) is 22.2. The summed E-state index contributed by atoms with van der Waals surface area (Å²) in [6, 6.07) is 0. The van der Waals surface area contributed by atoms with Crippen molar-refractivity contribution in [3.05, 3.63) is 12.2 Å². The van der Waals surface area contributed by atoms with Crippen LogP contribution in [0, 0.1) is 17.8 Å². The maximum absolute atomic E-state index is 12.3. The standard InChI is InChI=1S/C17H30NO4P/c19-9-5-4-8-13-14(16(22-23)10-15(13)20)11-18-17(21)12-6-2-1-3-7-12/h4-5,12-16,19-20H,1-3,6-11,23H2,(H,18,21)/b5-4-/t13-,14-,15?,16?/m1/s1. The molecular weight excluding hydrogens is 313 g/mol. The number of aliphatic hydroxyl groups is 2. The van der Waals surface area contributed by atoms with Gasteiger partial charge in [-0.25, -0.2) is 0 Å². The maximum Gasteiger partial charge on any atom is 0.223 e. The fraction of sp³-hybridized carbons (Fsp3) is 0.824. The van der Waals surface area contributed by atoms with Crippen LogP contribution in [0.25, 0.3) is 0 Å². The molecule has 3 N–H and O–H groups in total. The Hall–Kier alpha value is -0.480. The van der Waals surface area contributed by atoms with Crippen LogP contribution < -0.4 is 5.32 Å². The first-order valence-electron chi connectivity index (χ1n) is 8.74. The van der Waals surface area contributed by atoms with E-state index in [-0.39, 0.29) is 36.4 Å². The molecule has 0 aromatic carbocycles. The first-order valence-corrected chi connectivity index (χ1v) is 9.21. The van der Waals surface area contributed by atoms with E-state index < -0.39 is 6.10 Å². The second-order valence-electron chi connectivity index (χ2n) is 6.78. The Kier molecular flexibility index (Phi) is 7.97. The van der Waals surface area contributed by atoms with Crippen molar-refractivity contribution >= 4 is 15.4 Å². The van der Waals surface area contributed by atoms with E-state index in [0.717, 1.165) is 25.7 Å². The third kappa shape index (κ3) is 5.25. The highest BCUT2D eigenvalue weighted by Gasteiger charge is 2.42. The average molecular weight is 343 g/mol. The second kappa shape index (κ2) is 9.73. The molecule has 0 saturated heterocycles. The van der Waals surface area contributed by atoms with Crippen molar-refractivity contribution in [1.82, 2.24) is 5.32 Å². The predicted molar refractivity (Wildman–Crippen MR) is 92.6 cm³/mol. The van der Waals surface area contributed by atoms with Gasteiger partial charge in [-0.2, -0.15) is 0 Å². The summed E-state index contributed by atoms with van der Waals surface area (Å²) in [6.07, 6.45) is 9.89. The number of nitrogens with one attached hydrogen (secondary N) is 1. The van der Waals surface area contributed by atoms with Crippen LogP contribution in [0.2, 0.25) is 0 Å². The molecule has 0 spiro atoms. The minimum Gasteiger partial charge on any atom is -0.393 e. The zero-order chi connectivity index (χ0) is 16.7. The van der Waals surface area contributed by atoms with E-state index in [2.05, 4.69) is 14.8 Å². The predicted octanol–water partition coefficient (Wildman–Crippen LogP) is 1.79. The Morgan fingerprint density at radius 1 is 1.22 bits per heavy atom. The molecule has 2 aliphatic carbocycles. The third-order valence-electron chi connectivity index (χ3n) is 5.34. The Morgan fingerprint density at radius 3 is 2.61 bits per heavy atom. The largest absolute Gasteiger partial charge is 0.393 e. The first kappa shape index (κ1) is 18.9. The number of amides is 1. The lowest BCUT2D eigenvalue weighted by Crippen LogP contribution is -2.39. The van der Waals surface area contributed by atoms with Crippen LogP contribution in [-0.4, -0.2) is 41.5 Å². The van der Waals surface area contributed by atoms with E-state index in [1.165, 1.54) is 6.42 Å². The van der Waals surface area contributed by atoms with Gasteiger partial charge in [0, 0.05) is 34.3 Å². The van der Waals surface area contributed by atoms with Crippen LogP contribution in [0.5, 0.6) is 0 Å². The van der Waals surface area contributed by atoms with Gasteiger partial charge in [0.15, 0.2) is 0 Å². The molecule has 132 valence electrons. The molecule has 0 bridgehead atoms. The monoisotopic (exact) mass is 343 g/mol. The van der Waals surface area contributed by atoms with Crippen LogP contribution >= 0.6 is 9.47 Å². The molecule has 3 unspecified atom stereocenters. The van der Waals surface area contributed by atoms with Gasteiger partial charge in [-0.05, 0) is 25.2 Å².